The second-order valence-electron chi connectivity index (χ2n) is 6.47. The average molecular weight is 398 g/mol. The third-order valence-electron chi connectivity index (χ3n) is 4.20. The molecule has 1 unspecified atom stereocenters. The lowest BCUT2D eigenvalue weighted by molar-refractivity contribution is 0.101. The second-order valence-corrected chi connectivity index (χ2v) is 7.46. The van der Waals surface area contributed by atoms with Gasteiger partial charge in [0.2, 0.25) is 5.16 Å². The number of nitrogens with zero attached hydrogens (tertiary/aromatic N) is 4. The minimum atomic E-state index is -0.694. The summed E-state index contributed by atoms with van der Waals surface area (Å²) in [5.74, 6) is 0.996. The Morgan fingerprint density at radius 2 is 1.86 bits per heavy atom. The lowest BCUT2D eigenvalue weighted by Gasteiger charge is -2.13. The molecule has 146 valence electrons. The molecule has 0 amide bonds. The van der Waals surface area contributed by atoms with E-state index in [1.165, 1.54) is 18.7 Å². The van der Waals surface area contributed by atoms with Gasteiger partial charge in [-0.1, -0.05) is 30.0 Å². The van der Waals surface area contributed by atoms with Gasteiger partial charge in [0.15, 0.2) is 5.78 Å². The Labute approximate surface area is 167 Å². The van der Waals surface area contributed by atoms with Gasteiger partial charge >= 0.3 is 0 Å². The Morgan fingerprint density at radius 1 is 1.18 bits per heavy atom. The molecule has 0 fully saturated rings. The van der Waals surface area contributed by atoms with E-state index < -0.39 is 6.10 Å². The fraction of sp³-hybridized carbons (Fsp3) is 0.300. The molecule has 1 aromatic heterocycles. The molecule has 2 aromatic carbocycles. The summed E-state index contributed by atoms with van der Waals surface area (Å²) < 4.78 is 7.29. The number of hydrogen-bond acceptors (Lipinski definition) is 7. The van der Waals surface area contributed by atoms with Crippen LogP contribution in [0, 0.1) is 13.8 Å². The number of ketones is 1. The van der Waals surface area contributed by atoms with E-state index in [0.717, 1.165) is 16.8 Å². The van der Waals surface area contributed by atoms with Crippen LogP contribution < -0.4 is 4.74 Å². The van der Waals surface area contributed by atoms with Crippen molar-refractivity contribution in [3.8, 4) is 11.4 Å². The predicted octanol–water partition coefficient (Wildman–Crippen LogP) is 3.01. The zero-order valence-corrected chi connectivity index (χ0v) is 16.8. The molecule has 0 saturated carbocycles. The van der Waals surface area contributed by atoms with Crippen molar-refractivity contribution in [3.63, 3.8) is 0 Å². The van der Waals surface area contributed by atoms with Gasteiger partial charge in [-0.15, -0.1) is 5.10 Å². The highest BCUT2D eigenvalue weighted by Crippen LogP contribution is 2.24. The number of ether oxygens (including phenoxy) is 1. The number of Topliss-reactive ketones (excluding diaryl/α,β-unsaturated/α-hetero) is 1. The molecule has 0 aliphatic carbocycles. The van der Waals surface area contributed by atoms with Gasteiger partial charge < -0.3 is 9.84 Å². The standard InChI is InChI=1S/C20H22N4O3S/c1-13-5-4-6-14(2)19(13)24-20(21-22-23-24)28-12-17(26)11-27-18-9-7-16(8-10-18)15(3)25/h4-10,17,26H,11-12H2,1-3H3. The molecule has 0 bridgehead atoms. The molecule has 0 aliphatic heterocycles. The van der Waals surface area contributed by atoms with Gasteiger partial charge in [0, 0.05) is 11.3 Å². The minimum Gasteiger partial charge on any atom is -0.491 e. The van der Waals surface area contributed by atoms with Gasteiger partial charge in [0.05, 0.1) is 11.8 Å². The molecule has 1 atom stereocenters. The van der Waals surface area contributed by atoms with Crippen molar-refractivity contribution in [1.82, 2.24) is 20.2 Å². The highest BCUT2D eigenvalue weighted by atomic mass is 32.2. The maximum Gasteiger partial charge on any atom is 0.214 e. The number of rotatable bonds is 8. The molecular weight excluding hydrogens is 376 g/mol. The summed E-state index contributed by atoms with van der Waals surface area (Å²) in [6, 6.07) is 12.9. The summed E-state index contributed by atoms with van der Waals surface area (Å²) in [4.78, 5) is 11.3. The third-order valence-corrected chi connectivity index (χ3v) is 5.26. The summed E-state index contributed by atoms with van der Waals surface area (Å²) in [5, 5.41) is 22.8. The summed E-state index contributed by atoms with van der Waals surface area (Å²) >= 11 is 1.37. The topological polar surface area (TPSA) is 90.1 Å². The van der Waals surface area contributed by atoms with Gasteiger partial charge in [-0.3, -0.25) is 4.79 Å². The first-order valence-corrected chi connectivity index (χ1v) is 9.84. The van der Waals surface area contributed by atoms with Crippen molar-refractivity contribution in [3.05, 3.63) is 59.2 Å². The number of carbonyl (C=O) groups excluding carboxylic acids is 1. The van der Waals surface area contributed by atoms with Crippen molar-refractivity contribution in [2.24, 2.45) is 0 Å². The van der Waals surface area contributed by atoms with E-state index in [1.807, 2.05) is 32.0 Å². The summed E-state index contributed by atoms with van der Waals surface area (Å²) in [7, 11) is 0. The molecule has 0 spiro atoms. The van der Waals surface area contributed by atoms with Crippen LogP contribution in [0.25, 0.3) is 5.69 Å². The van der Waals surface area contributed by atoms with Crippen LogP contribution in [-0.2, 0) is 0 Å². The normalized spacial score (nSPS) is 12.0. The number of aryl methyl sites for hydroxylation is 2. The van der Waals surface area contributed by atoms with Crippen LogP contribution >= 0.6 is 11.8 Å². The minimum absolute atomic E-state index is 0.00425. The Bertz CT molecular complexity index is 936. The quantitative estimate of drug-likeness (QED) is 0.461. The lowest BCUT2D eigenvalue weighted by Crippen LogP contribution is -2.20. The highest BCUT2D eigenvalue weighted by Gasteiger charge is 2.15. The molecule has 0 radical (unpaired) electrons. The van der Waals surface area contributed by atoms with Crippen molar-refractivity contribution in [1.29, 1.82) is 0 Å². The molecule has 3 rings (SSSR count). The highest BCUT2D eigenvalue weighted by molar-refractivity contribution is 7.99. The van der Waals surface area contributed by atoms with Crippen molar-refractivity contribution in [2.45, 2.75) is 32.0 Å². The Hall–Kier alpha value is -2.71. The number of benzene rings is 2. The number of hydrogen-bond donors (Lipinski definition) is 1. The molecule has 28 heavy (non-hydrogen) atoms. The Kier molecular flexibility index (Phi) is 6.43. The van der Waals surface area contributed by atoms with E-state index in [4.69, 9.17) is 4.74 Å². The van der Waals surface area contributed by atoms with E-state index >= 15 is 0 Å². The number of aliphatic hydroxyl groups excluding tert-OH is 1. The van der Waals surface area contributed by atoms with Crippen LogP contribution in [0.1, 0.15) is 28.4 Å². The first-order valence-electron chi connectivity index (χ1n) is 8.85. The zero-order valence-electron chi connectivity index (χ0n) is 16.0. The fourth-order valence-electron chi connectivity index (χ4n) is 2.75. The van der Waals surface area contributed by atoms with Gasteiger partial charge in [-0.25, -0.2) is 0 Å². The molecular formula is C20H22N4O3S. The van der Waals surface area contributed by atoms with Crippen molar-refractivity contribution < 1.29 is 14.6 Å². The third kappa shape index (κ3) is 4.76. The molecule has 1 N–H and O–H groups in total. The SMILES string of the molecule is CC(=O)c1ccc(OCC(O)CSc2nnnn2-c2c(C)cccc2C)cc1. The summed E-state index contributed by atoms with van der Waals surface area (Å²) in [6.07, 6.45) is -0.694. The van der Waals surface area contributed by atoms with Crippen LogP contribution in [0.15, 0.2) is 47.6 Å². The predicted molar refractivity (Wildman–Crippen MR) is 107 cm³/mol. The average Bonchev–Trinajstić information content (AvgIpc) is 3.13. The van der Waals surface area contributed by atoms with Gasteiger partial charge in [-0.2, -0.15) is 4.68 Å². The molecule has 1 heterocycles. The number of tetrazole rings is 1. The zero-order chi connectivity index (χ0) is 20.1. The fourth-order valence-corrected chi connectivity index (χ4v) is 3.53. The molecule has 3 aromatic rings. The first kappa shape index (κ1) is 20.0. The van der Waals surface area contributed by atoms with Gasteiger partial charge in [0.25, 0.3) is 0 Å². The van der Waals surface area contributed by atoms with Gasteiger partial charge in [-0.05, 0) is 66.6 Å². The Balaban J connectivity index is 1.58. The number of aromatic nitrogens is 4. The number of para-hydroxylation sites is 1. The first-order chi connectivity index (χ1) is 13.5. The van der Waals surface area contributed by atoms with Crippen molar-refractivity contribution in [2.75, 3.05) is 12.4 Å². The molecule has 7 nitrogen and oxygen atoms in total. The largest absolute Gasteiger partial charge is 0.491 e. The maximum absolute atomic E-state index is 11.3. The molecule has 0 aliphatic rings. The van der Waals surface area contributed by atoms with Crippen LogP contribution in [-0.4, -0.2) is 49.6 Å². The number of thioether (sulfide) groups is 1. The van der Waals surface area contributed by atoms with Crippen molar-refractivity contribution >= 4 is 17.5 Å². The smallest absolute Gasteiger partial charge is 0.214 e. The van der Waals surface area contributed by atoms with Gasteiger partial charge in [0.1, 0.15) is 12.4 Å². The van der Waals surface area contributed by atoms with E-state index in [-0.39, 0.29) is 12.4 Å². The summed E-state index contributed by atoms with van der Waals surface area (Å²) in [5.41, 5.74) is 3.73. The van der Waals surface area contributed by atoms with Crippen LogP contribution in [0.3, 0.4) is 0 Å². The second kappa shape index (κ2) is 8.99. The van der Waals surface area contributed by atoms with E-state index in [9.17, 15) is 9.90 Å². The summed E-state index contributed by atoms with van der Waals surface area (Å²) in [6.45, 7) is 5.68. The number of aliphatic hydroxyl groups is 1. The van der Waals surface area contributed by atoms with Crippen LogP contribution in [0.4, 0.5) is 0 Å². The van der Waals surface area contributed by atoms with E-state index in [2.05, 4.69) is 15.5 Å². The monoisotopic (exact) mass is 398 g/mol. The number of carbonyl (C=O) groups is 1. The molecule has 8 heteroatoms. The molecule has 0 saturated heterocycles. The van der Waals surface area contributed by atoms with Crippen LogP contribution in [0.5, 0.6) is 5.75 Å². The lowest BCUT2D eigenvalue weighted by atomic mass is 10.1. The van der Waals surface area contributed by atoms with Crippen LogP contribution in [0.2, 0.25) is 0 Å². The van der Waals surface area contributed by atoms with E-state index in [1.54, 1.807) is 28.9 Å². The maximum atomic E-state index is 11.3. The Morgan fingerprint density at radius 3 is 2.50 bits per heavy atom. The van der Waals surface area contributed by atoms with E-state index in [0.29, 0.717) is 22.2 Å².